The van der Waals surface area contributed by atoms with E-state index in [1.807, 2.05) is 10.9 Å². The molecule has 0 aliphatic rings. The Morgan fingerprint density at radius 2 is 2.42 bits per heavy atom. The van der Waals surface area contributed by atoms with Crippen molar-refractivity contribution in [2.75, 3.05) is 0 Å². The van der Waals surface area contributed by atoms with E-state index in [4.69, 9.17) is 11.6 Å². The highest BCUT2D eigenvalue weighted by atomic mass is 35.5. The Balaban J connectivity index is 2.24. The minimum atomic E-state index is 0.597. The molecule has 0 amide bonds. The molecule has 0 saturated heterocycles. The Hall–Kier alpha value is -0.500. The SMILES string of the molecule is CC(C)CCCn1cc(Cl)[c]n1. The van der Waals surface area contributed by atoms with E-state index in [1.165, 1.54) is 6.42 Å². The van der Waals surface area contributed by atoms with Crippen LogP contribution in [0, 0.1) is 12.1 Å². The maximum atomic E-state index is 5.66. The van der Waals surface area contributed by atoms with Crippen molar-refractivity contribution in [1.29, 1.82) is 0 Å². The largest absolute Gasteiger partial charge is 0.271 e. The van der Waals surface area contributed by atoms with E-state index < -0.39 is 0 Å². The van der Waals surface area contributed by atoms with Gasteiger partial charge in [-0.2, -0.15) is 5.10 Å². The average Bonchev–Trinajstić information content (AvgIpc) is 2.35. The highest BCUT2D eigenvalue weighted by Crippen LogP contribution is 2.07. The summed E-state index contributed by atoms with van der Waals surface area (Å²) in [4.78, 5) is 0. The first kappa shape index (κ1) is 9.59. The van der Waals surface area contributed by atoms with Gasteiger partial charge in [0.15, 0.2) is 0 Å². The van der Waals surface area contributed by atoms with Gasteiger partial charge in [-0.25, -0.2) is 0 Å². The second kappa shape index (κ2) is 4.51. The van der Waals surface area contributed by atoms with Crippen LogP contribution >= 0.6 is 11.6 Å². The van der Waals surface area contributed by atoms with Gasteiger partial charge in [-0.3, -0.25) is 4.68 Å². The summed E-state index contributed by atoms with van der Waals surface area (Å²) >= 11 is 5.66. The maximum absolute atomic E-state index is 5.66. The zero-order valence-electron chi connectivity index (χ0n) is 7.55. The van der Waals surface area contributed by atoms with Gasteiger partial charge in [0.2, 0.25) is 0 Å². The summed E-state index contributed by atoms with van der Waals surface area (Å²) < 4.78 is 1.84. The number of aromatic nitrogens is 2. The Morgan fingerprint density at radius 1 is 1.67 bits per heavy atom. The first-order chi connectivity index (χ1) is 5.68. The van der Waals surface area contributed by atoms with Gasteiger partial charge >= 0.3 is 0 Å². The molecule has 0 spiro atoms. The van der Waals surface area contributed by atoms with Gasteiger partial charge in [-0.1, -0.05) is 25.4 Å². The van der Waals surface area contributed by atoms with E-state index in [2.05, 4.69) is 25.1 Å². The molecule has 1 radical (unpaired) electrons. The second-order valence-electron chi connectivity index (χ2n) is 3.39. The summed E-state index contributed by atoms with van der Waals surface area (Å²) in [6, 6.07) is 0. The Labute approximate surface area is 78.5 Å². The van der Waals surface area contributed by atoms with Gasteiger partial charge in [-0.15, -0.1) is 0 Å². The fourth-order valence-corrected chi connectivity index (χ4v) is 1.23. The lowest BCUT2D eigenvalue weighted by molar-refractivity contribution is 0.489. The van der Waals surface area contributed by atoms with E-state index in [-0.39, 0.29) is 0 Å². The normalized spacial score (nSPS) is 11.0. The molecule has 0 N–H and O–H groups in total. The molecule has 0 saturated carbocycles. The summed E-state index contributed by atoms with van der Waals surface area (Å²) in [5.41, 5.74) is 0. The molecule has 0 aliphatic heterocycles. The lowest BCUT2D eigenvalue weighted by atomic mass is 10.1. The molecule has 0 aliphatic carbocycles. The number of hydrogen-bond acceptors (Lipinski definition) is 1. The predicted octanol–water partition coefficient (Wildman–Crippen LogP) is 2.77. The summed E-state index contributed by atoms with van der Waals surface area (Å²) in [5, 5.41) is 4.57. The molecule has 1 aromatic rings. The van der Waals surface area contributed by atoms with Crippen molar-refractivity contribution in [3.8, 4) is 0 Å². The summed E-state index contributed by atoms with van der Waals surface area (Å²) in [7, 11) is 0. The Kier molecular flexibility index (Phi) is 3.60. The predicted molar refractivity (Wildman–Crippen MR) is 50.1 cm³/mol. The third kappa shape index (κ3) is 3.26. The Bertz CT molecular complexity index is 230. The standard InChI is InChI=1S/C9H14ClN2/c1-8(2)4-3-5-12-7-9(10)6-11-12/h7-8H,3-5H2,1-2H3. The van der Waals surface area contributed by atoms with Crippen molar-refractivity contribution in [2.24, 2.45) is 5.92 Å². The van der Waals surface area contributed by atoms with E-state index >= 15 is 0 Å². The smallest absolute Gasteiger partial charge is 0.133 e. The van der Waals surface area contributed by atoms with Crippen LogP contribution in [0.15, 0.2) is 6.20 Å². The molecule has 1 heterocycles. The molecule has 0 bridgehead atoms. The van der Waals surface area contributed by atoms with Gasteiger partial charge in [0, 0.05) is 12.7 Å². The van der Waals surface area contributed by atoms with Gasteiger partial charge in [0.25, 0.3) is 0 Å². The van der Waals surface area contributed by atoms with Crippen LogP contribution in [0.5, 0.6) is 0 Å². The molecule has 3 heteroatoms. The minimum absolute atomic E-state index is 0.597. The van der Waals surface area contributed by atoms with Crippen LogP contribution in [0.3, 0.4) is 0 Å². The number of nitrogens with zero attached hydrogens (tertiary/aromatic N) is 2. The first-order valence-electron chi connectivity index (χ1n) is 4.29. The number of halogens is 1. The molecular formula is C9H14ClN2. The molecule has 2 nitrogen and oxygen atoms in total. The molecule has 0 atom stereocenters. The quantitative estimate of drug-likeness (QED) is 0.706. The molecule has 0 aromatic carbocycles. The zero-order chi connectivity index (χ0) is 8.97. The van der Waals surface area contributed by atoms with Crippen molar-refractivity contribution in [1.82, 2.24) is 9.78 Å². The van der Waals surface area contributed by atoms with Crippen molar-refractivity contribution in [3.05, 3.63) is 17.4 Å². The molecular weight excluding hydrogens is 172 g/mol. The number of hydrogen-bond donors (Lipinski definition) is 0. The van der Waals surface area contributed by atoms with Crippen molar-refractivity contribution in [2.45, 2.75) is 33.2 Å². The van der Waals surface area contributed by atoms with E-state index in [0.717, 1.165) is 18.9 Å². The van der Waals surface area contributed by atoms with Crippen LogP contribution in [-0.4, -0.2) is 9.78 Å². The summed E-state index contributed by atoms with van der Waals surface area (Å²) in [6.45, 7) is 5.39. The average molecular weight is 186 g/mol. The van der Waals surface area contributed by atoms with Gasteiger partial charge in [0.1, 0.15) is 6.20 Å². The third-order valence-corrected chi connectivity index (χ3v) is 1.90. The molecule has 67 valence electrons. The highest BCUT2D eigenvalue weighted by Gasteiger charge is 1.97. The topological polar surface area (TPSA) is 17.8 Å². The van der Waals surface area contributed by atoms with Crippen LogP contribution in [0.1, 0.15) is 26.7 Å². The maximum Gasteiger partial charge on any atom is 0.133 e. The molecule has 1 rings (SSSR count). The van der Waals surface area contributed by atoms with E-state index in [9.17, 15) is 0 Å². The van der Waals surface area contributed by atoms with Gasteiger partial charge < -0.3 is 0 Å². The number of aryl methyl sites for hydroxylation is 1. The third-order valence-electron chi connectivity index (χ3n) is 1.72. The van der Waals surface area contributed by atoms with Gasteiger partial charge in [-0.05, 0) is 18.8 Å². The minimum Gasteiger partial charge on any atom is -0.271 e. The van der Waals surface area contributed by atoms with E-state index in [1.54, 1.807) is 0 Å². The fourth-order valence-electron chi connectivity index (χ4n) is 1.08. The fraction of sp³-hybridized carbons (Fsp3) is 0.667. The highest BCUT2D eigenvalue weighted by molar-refractivity contribution is 6.30. The lowest BCUT2D eigenvalue weighted by Crippen LogP contribution is -1.99. The molecule has 1 aromatic heterocycles. The molecule has 0 fully saturated rings. The van der Waals surface area contributed by atoms with Gasteiger partial charge in [0.05, 0.1) is 5.02 Å². The van der Waals surface area contributed by atoms with Crippen LogP contribution < -0.4 is 0 Å². The van der Waals surface area contributed by atoms with E-state index in [0.29, 0.717) is 5.02 Å². The van der Waals surface area contributed by atoms with Crippen molar-refractivity contribution in [3.63, 3.8) is 0 Å². The van der Waals surface area contributed by atoms with Crippen molar-refractivity contribution >= 4 is 11.6 Å². The zero-order valence-corrected chi connectivity index (χ0v) is 8.30. The Morgan fingerprint density at radius 3 is 2.92 bits per heavy atom. The molecule has 12 heavy (non-hydrogen) atoms. The number of rotatable bonds is 4. The van der Waals surface area contributed by atoms with Crippen LogP contribution in [0.2, 0.25) is 5.02 Å². The van der Waals surface area contributed by atoms with Crippen LogP contribution in [0.25, 0.3) is 0 Å². The van der Waals surface area contributed by atoms with Crippen molar-refractivity contribution < 1.29 is 0 Å². The summed E-state index contributed by atoms with van der Waals surface area (Å²) in [6.07, 6.45) is 6.88. The van der Waals surface area contributed by atoms with Crippen LogP contribution in [-0.2, 0) is 6.54 Å². The summed E-state index contributed by atoms with van der Waals surface area (Å²) in [5.74, 6) is 0.764. The monoisotopic (exact) mass is 185 g/mol. The molecule has 0 unspecified atom stereocenters. The first-order valence-corrected chi connectivity index (χ1v) is 4.67. The lowest BCUT2D eigenvalue weighted by Gasteiger charge is -2.03. The second-order valence-corrected chi connectivity index (χ2v) is 3.80. The van der Waals surface area contributed by atoms with Crippen LogP contribution in [0.4, 0.5) is 0 Å².